The molecule has 1 aromatic rings. The molecule has 0 saturated heterocycles. The van der Waals surface area contributed by atoms with E-state index in [-0.39, 0.29) is 17.3 Å². The molecule has 2 rings (SSSR count). The zero-order valence-electron chi connectivity index (χ0n) is 15.2. The minimum absolute atomic E-state index is 0.116. The Morgan fingerprint density at radius 1 is 1.35 bits per heavy atom. The van der Waals surface area contributed by atoms with Crippen molar-refractivity contribution in [2.75, 3.05) is 14.2 Å². The van der Waals surface area contributed by atoms with Crippen LogP contribution in [0, 0.1) is 21.4 Å². The first kappa shape index (κ1) is 19.5. The van der Waals surface area contributed by atoms with Crippen LogP contribution in [0.2, 0.25) is 0 Å². The molecule has 0 aromatic heterocycles. The van der Waals surface area contributed by atoms with E-state index in [0.717, 1.165) is 19.3 Å². The van der Waals surface area contributed by atoms with E-state index < -0.39 is 16.6 Å². The average Bonchev–Trinajstić information content (AvgIpc) is 2.67. The third kappa shape index (κ3) is 3.87. The first-order valence-corrected chi connectivity index (χ1v) is 8.52. The van der Waals surface area contributed by atoms with Crippen molar-refractivity contribution in [1.82, 2.24) is 4.90 Å². The summed E-state index contributed by atoms with van der Waals surface area (Å²) in [5, 5.41) is 20.6. The second-order valence-corrected chi connectivity index (χ2v) is 6.45. The number of carbonyl (C=O) groups is 1. The standard InChI is InChI=1S/C18H23N3O5/c1-13(17(22)20(2)18(12-19)9-5-4-6-10-18)26-16-11-14(21(23)24)7-8-15(16)25-3/h7-8,11,13H,4-6,9-10H2,1-3H3/t13-/m0/s1. The normalized spacial score (nSPS) is 16.8. The van der Waals surface area contributed by atoms with Crippen molar-refractivity contribution < 1.29 is 19.2 Å². The van der Waals surface area contributed by atoms with Gasteiger partial charge in [-0.2, -0.15) is 5.26 Å². The van der Waals surface area contributed by atoms with Crippen molar-refractivity contribution in [2.45, 2.75) is 50.7 Å². The zero-order chi connectivity index (χ0) is 19.3. The van der Waals surface area contributed by atoms with Crippen molar-refractivity contribution in [1.29, 1.82) is 5.26 Å². The van der Waals surface area contributed by atoms with Crippen molar-refractivity contribution >= 4 is 11.6 Å². The van der Waals surface area contributed by atoms with E-state index in [0.29, 0.717) is 18.6 Å². The largest absolute Gasteiger partial charge is 0.493 e. The molecule has 0 bridgehead atoms. The Morgan fingerprint density at radius 2 is 2.00 bits per heavy atom. The highest BCUT2D eigenvalue weighted by Crippen LogP contribution is 2.35. The Hall–Kier alpha value is -2.82. The lowest BCUT2D eigenvalue weighted by atomic mass is 9.81. The van der Waals surface area contributed by atoms with Crippen LogP contribution in [0.15, 0.2) is 18.2 Å². The van der Waals surface area contributed by atoms with Crippen molar-refractivity contribution in [3.8, 4) is 17.6 Å². The van der Waals surface area contributed by atoms with Crippen LogP contribution in [-0.4, -0.2) is 41.5 Å². The summed E-state index contributed by atoms with van der Waals surface area (Å²) >= 11 is 0. The molecule has 0 N–H and O–H groups in total. The van der Waals surface area contributed by atoms with Gasteiger partial charge < -0.3 is 14.4 Å². The lowest BCUT2D eigenvalue weighted by Crippen LogP contribution is -2.53. The van der Waals surface area contributed by atoms with Gasteiger partial charge in [-0.3, -0.25) is 14.9 Å². The first-order chi connectivity index (χ1) is 12.3. The minimum atomic E-state index is -0.914. The molecular formula is C18H23N3O5. The van der Waals surface area contributed by atoms with Gasteiger partial charge in [-0.1, -0.05) is 19.3 Å². The molecule has 1 aliphatic carbocycles. The molecular weight excluding hydrogens is 338 g/mol. The predicted octanol–water partition coefficient (Wildman–Crippen LogP) is 3.06. The van der Waals surface area contributed by atoms with E-state index in [1.165, 1.54) is 30.2 Å². The van der Waals surface area contributed by atoms with Gasteiger partial charge >= 0.3 is 0 Å². The minimum Gasteiger partial charge on any atom is -0.493 e. The molecule has 1 fully saturated rings. The Labute approximate surface area is 152 Å². The number of ether oxygens (including phenoxy) is 2. The summed E-state index contributed by atoms with van der Waals surface area (Å²) in [7, 11) is 3.03. The van der Waals surface area contributed by atoms with Crippen LogP contribution < -0.4 is 9.47 Å². The van der Waals surface area contributed by atoms with E-state index in [4.69, 9.17) is 9.47 Å². The van der Waals surface area contributed by atoms with Crippen LogP contribution in [-0.2, 0) is 4.79 Å². The molecule has 1 aromatic carbocycles. The van der Waals surface area contributed by atoms with Crippen molar-refractivity contribution in [2.24, 2.45) is 0 Å². The van der Waals surface area contributed by atoms with Gasteiger partial charge in [0.15, 0.2) is 17.6 Å². The topological polar surface area (TPSA) is 106 Å². The lowest BCUT2D eigenvalue weighted by molar-refractivity contribution is -0.385. The molecule has 0 radical (unpaired) electrons. The maximum atomic E-state index is 12.8. The molecule has 0 heterocycles. The molecule has 1 amide bonds. The Kier molecular flexibility index (Phi) is 6.03. The van der Waals surface area contributed by atoms with E-state index in [1.54, 1.807) is 14.0 Å². The van der Waals surface area contributed by atoms with Crippen LogP contribution in [0.25, 0.3) is 0 Å². The van der Waals surface area contributed by atoms with E-state index >= 15 is 0 Å². The van der Waals surface area contributed by atoms with Crippen LogP contribution in [0.3, 0.4) is 0 Å². The fourth-order valence-corrected chi connectivity index (χ4v) is 3.25. The van der Waals surface area contributed by atoms with E-state index in [1.807, 2.05) is 0 Å². The van der Waals surface area contributed by atoms with E-state index in [2.05, 4.69) is 6.07 Å². The average molecular weight is 361 g/mol. The quantitative estimate of drug-likeness (QED) is 0.569. The van der Waals surface area contributed by atoms with Crippen molar-refractivity contribution in [3.05, 3.63) is 28.3 Å². The molecule has 8 heteroatoms. The Morgan fingerprint density at radius 3 is 2.54 bits per heavy atom. The Balaban J connectivity index is 2.20. The molecule has 1 saturated carbocycles. The summed E-state index contributed by atoms with van der Waals surface area (Å²) in [4.78, 5) is 24.7. The summed E-state index contributed by atoms with van der Waals surface area (Å²) in [5.41, 5.74) is -0.978. The van der Waals surface area contributed by atoms with Gasteiger partial charge in [0.05, 0.1) is 24.2 Å². The number of likely N-dealkylation sites (N-methyl/N-ethyl adjacent to an activating group) is 1. The number of benzene rings is 1. The predicted molar refractivity (Wildman–Crippen MR) is 93.9 cm³/mol. The third-order valence-electron chi connectivity index (χ3n) is 4.87. The zero-order valence-corrected chi connectivity index (χ0v) is 15.2. The summed E-state index contributed by atoms with van der Waals surface area (Å²) in [6.45, 7) is 1.56. The highest BCUT2D eigenvalue weighted by atomic mass is 16.6. The number of hydrogen-bond donors (Lipinski definition) is 0. The Bertz CT molecular complexity index is 722. The van der Waals surface area contributed by atoms with Gasteiger partial charge in [0.25, 0.3) is 11.6 Å². The second-order valence-electron chi connectivity index (χ2n) is 6.45. The van der Waals surface area contributed by atoms with Gasteiger partial charge in [-0.25, -0.2) is 0 Å². The van der Waals surface area contributed by atoms with Crippen LogP contribution >= 0.6 is 0 Å². The summed E-state index contributed by atoms with van der Waals surface area (Å²) in [6, 6.07) is 6.25. The summed E-state index contributed by atoms with van der Waals surface area (Å²) in [5.74, 6) is 0.0678. The van der Waals surface area contributed by atoms with Crippen LogP contribution in [0.1, 0.15) is 39.0 Å². The smallest absolute Gasteiger partial charge is 0.273 e. The van der Waals surface area contributed by atoms with Gasteiger partial charge in [0.1, 0.15) is 5.54 Å². The number of carbonyl (C=O) groups excluding carboxylic acids is 1. The number of non-ortho nitro benzene ring substituents is 1. The highest BCUT2D eigenvalue weighted by Gasteiger charge is 2.40. The summed E-state index contributed by atoms with van der Waals surface area (Å²) in [6.07, 6.45) is 3.22. The van der Waals surface area contributed by atoms with Crippen LogP contribution in [0.4, 0.5) is 5.69 Å². The van der Waals surface area contributed by atoms with E-state index in [9.17, 15) is 20.2 Å². The maximum Gasteiger partial charge on any atom is 0.273 e. The number of nitriles is 1. The molecule has 1 atom stereocenters. The molecule has 8 nitrogen and oxygen atoms in total. The number of hydrogen-bond acceptors (Lipinski definition) is 6. The monoisotopic (exact) mass is 361 g/mol. The SMILES string of the molecule is COc1ccc([N+](=O)[O-])cc1O[C@@H](C)C(=O)N(C)C1(C#N)CCCCC1. The van der Waals surface area contributed by atoms with Gasteiger partial charge in [-0.15, -0.1) is 0 Å². The lowest BCUT2D eigenvalue weighted by Gasteiger charge is -2.40. The second kappa shape index (κ2) is 8.04. The molecule has 0 spiro atoms. The number of methoxy groups -OCH3 is 1. The fraction of sp³-hybridized carbons (Fsp3) is 0.556. The summed E-state index contributed by atoms with van der Waals surface area (Å²) < 4.78 is 10.8. The fourth-order valence-electron chi connectivity index (χ4n) is 3.25. The first-order valence-electron chi connectivity index (χ1n) is 8.52. The van der Waals surface area contributed by atoms with Gasteiger partial charge in [0, 0.05) is 13.1 Å². The molecule has 1 aliphatic rings. The molecule has 0 aliphatic heterocycles. The number of nitrogens with zero attached hydrogens (tertiary/aromatic N) is 3. The van der Waals surface area contributed by atoms with Crippen molar-refractivity contribution in [3.63, 3.8) is 0 Å². The number of amides is 1. The number of nitro benzene ring substituents is 1. The van der Waals surface area contributed by atoms with Crippen LogP contribution in [0.5, 0.6) is 11.5 Å². The highest BCUT2D eigenvalue weighted by molar-refractivity contribution is 5.82. The van der Waals surface area contributed by atoms with Gasteiger partial charge in [0.2, 0.25) is 0 Å². The number of rotatable bonds is 6. The number of nitro groups is 1. The maximum absolute atomic E-state index is 12.8. The van der Waals surface area contributed by atoms with Gasteiger partial charge in [-0.05, 0) is 25.8 Å². The molecule has 0 unspecified atom stereocenters. The molecule has 140 valence electrons. The third-order valence-corrected chi connectivity index (χ3v) is 4.87. The molecule has 26 heavy (non-hydrogen) atoms.